The van der Waals surface area contributed by atoms with Crippen molar-refractivity contribution >= 4 is 12.1 Å². The first-order valence-electron chi connectivity index (χ1n) is 7.03. The van der Waals surface area contributed by atoms with Gasteiger partial charge in [-0.05, 0) is 19.4 Å². The van der Waals surface area contributed by atoms with Crippen molar-refractivity contribution in [3.8, 4) is 0 Å². The zero-order valence-corrected chi connectivity index (χ0v) is 13.1. The number of benzene rings is 1. The quantitative estimate of drug-likeness (QED) is 0.498. The Labute approximate surface area is 136 Å². The fraction of sp³-hybridized carbons (Fsp3) is 0.333. The largest absolute Gasteiger partial charge is 0.453 e. The highest BCUT2D eigenvalue weighted by molar-refractivity contribution is 6.05. The number of aromatic nitrogens is 3. The Balaban J connectivity index is 2.45. The van der Waals surface area contributed by atoms with Gasteiger partial charge in [-0.3, -0.25) is 9.79 Å². The van der Waals surface area contributed by atoms with Crippen LogP contribution in [0.3, 0.4) is 0 Å². The lowest BCUT2D eigenvalue weighted by molar-refractivity contribution is -0.145. The van der Waals surface area contributed by atoms with Gasteiger partial charge in [0.25, 0.3) is 5.82 Å². The van der Waals surface area contributed by atoms with Gasteiger partial charge in [-0.2, -0.15) is 13.2 Å². The van der Waals surface area contributed by atoms with Gasteiger partial charge in [-0.25, -0.2) is 9.67 Å². The standard InChI is InChI=1S/C15H16F3N5O/c1-14(2,23-9-21-13(22-23)15(16,17)18)12(20-8-19-10-24)11-6-4-3-5-7-11/h3-7,9-10H,8H2,1-2H3,(H,19,24). The SMILES string of the molecule is CC(C)(C(=NCNC=O)c1ccccc1)n1cnc(C(F)(F)F)n1. The van der Waals surface area contributed by atoms with E-state index in [1.54, 1.807) is 38.1 Å². The molecule has 1 N–H and O–H groups in total. The van der Waals surface area contributed by atoms with Gasteiger partial charge >= 0.3 is 6.18 Å². The molecule has 0 aliphatic rings. The maximum atomic E-state index is 12.7. The minimum absolute atomic E-state index is 0.00200. The van der Waals surface area contributed by atoms with Crippen molar-refractivity contribution < 1.29 is 18.0 Å². The Kier molecular flexibility index (Phi) is 5.01. The number of carbonyl (C=O) groups excluding carboxylic acids is 1. The minimum atomic E-state index is -4.62. The summed E-state index contributed by atoms with van der Waals surface area (Å²) in [6, 6.07) is 8.95. The van der Waals surface area contributed by atoms with E-state index in [4.69, 9.17) is 0 Å². The van der Waals surface area contributed by atoms with Gasteiger partial charge in [0.05, 0.1) is 5.71 Å². The maximum Gasteiger partial charge on any atom is 0.453 e. The third-order valence-electron chi connectivity index (χ3n) is 3.36. The average Bonchev–Trinajstić information content (AvgIpc) is 3.03. The van der Waals surface area contributed by atoms with E-state index in [1.165, 1.54) is 0 Å². The van der Waals surface area contributed by atoms with Crippen LogP contribution in [0.4, 0.5) is 13.2 Å². The summed E-state index contributed by atoms with van der Waals surface area (Å²) in [6.45, 7) is 3.35. The molecule has 0 radical (unpaired) electrons. The first-order valence-corrected chi connectivity index (χ1v) is 7.03. The van der Waals surface area contributed by atoms with Crippen molar-refractivity contribution in [1.29, 1.82) is 0 Å². The van der Waals surface area contributed by atoms with Crippen molar-refractivity contribution in [3.05, 3.63) is 48.0 Å². The van der Waals surface area contributed by atoms with Crippen LogP contribution < -0.4 is 5.32 Å². The lowest BCUT2D eigenvalue weighted by atomic mass is 9.92. The molecule has 0 fully saturated rings. The highest BCUT2D eigenvalue weighted by atomic mass is 19.4. The van der Waals surface area contributed by atoms with Crippen molar-refractivity contribution in [1.82, 2.24) is 20.1 Å². The third-order valence-corrected chi connectivity index (χ3v) is 3.36. The van der Waals surface area contributed by atoms with Crippen molar-refractivity contribution in [2.24, 2.45) is 4.99 Å². The molecule has 6 nitrogen and oxygen atoms in total. The molecule has 24 heavy (non-hydrogen) atoms. The Morgan fingerprint density at radius 1 is 1.29 bits per heavy atom. The predicted molar refractivity (Wildman–Crippen MR) is 81.4 cm³/mol. The summed E-state index contributed by atoms with van der Waals surface area (Å²) >= 11 is 0. The number of halogens is 3. The number of nitrogens with one attached hydrogen (secondary N) is 1. The summed E-state index contributed by atoms with van der Waals surface area (Å²) in [4.78, 5) is 18.1. The second-order valence-electron chi connectivity index (χ2n) is 5.42. The van der Waals surface area contributed by atoms with Gasteiger partial charge in [0, 0.05) is 0 Å². The molecule has 0 bridgehead atoms. The maximum absolute atomic E-state index is 12.7. The van der Waals surface area contributed by atoms with Crippen LogP contribution in [0.25, 0.3) is 0 Å². The lowest BCUT2D eigenvalue weighted by Gasteiger charge is -2.27. The van der Waals surface area contributed by atoms with Gasteiger partial charge in [0.15, 0.2) is 0 Å². The summed E-state index contributed by atoms with van der Waals surface area (Å²) < 4.78 is 39.3. The average molecular weight is 339 g/mol. The van der Waals surface area contributed by atoms with E-state index in [9.17, 15) is 18.0 Å². The second-order valence-corrected chi connectivity index (χ2v) is 5.42. The van der Waals surface area contributed by atoms with E-state index in [-0.39, 0.29) is 6.67 Å². The molecule has 9 heteroatoms. The van der Waals surface area contributed by atoms with Gasteiger partial charge < -0.3 is 5.32 Å². The smallest absolute Gasteiger partial charge is 0.339 e. The van der Waals surface area contributed by atoms with E-state index in [1.807, 2.05) is 6.07 Å². The van der Waals surface area contributed by atoms with Crippen molar-refractivity contribution in [2.45, 2.75) is 25.6 Å². The molecule has 1 heterocycles. The lowest BCUT2D eigenvalue weighted by Crippen LogP contribution is -2.38. The normalized spacial score (nSPS) is 13.0. The molecule has 1 aromatic carbocycles. The summed E-state index contributed by atoms with van der Waals surface area (Å²) in [5, 5.41) is 5.95. The van der Waals surface area contributed by atoms with Crippen LogP contribution >= 0.6 is 0 Å². The van der Waals surface area contributed by atoms with Gasteiger partial charge in [-0.15, -0.1) is 5.10 Å². The Morgan fingerprint density at radius 3 is 2.50 bits per heavy atom. The highest BCUT2D eigenvalue weighted by Crippen LogP contribution is 2.28. The number of hydrogen-bond acceptors (Lipinski definition) is 4. The number of rotatable bonds is 6. The topological polar surface area (TPSA) is 72.2 Å². The van der Waals surface area contributed by atoms with Crippen LogP contribution in [-0.4, -0.2) is 33.6 Å². The molecule has 2 aromatic rings. The molecule has 2 rings (SSSR count). The van der Waals surface area contributed by atoms with E-state index >= 15 is 0 Å². The number of aliphatic imine (C=N–C) groups is 1. The third kappa shape index (κ3) is 3.79. The number of alkyl halides is 3. The molecule has 0 saturated carbocycles. The predicted octanol–water partition coefficient (Wildman–Crippen LogP) is 2.22. The molecular weight excluding hydrogens is 323 g/mol. The second kappa shape index (κ2) is 6.81. The van der Waals surface area contributed by atoms with Gasteiger partial charge in [-0.1, -0.05) is 30.3 Å². The Morgan fingerprint density at radius 2 is 1.96 bits per heavy atom. The number of amides is 1. The monoisotopic (exact) mass is 339 g/mol. The molecule has 0 atom stereocenters. The molecule has 0 saturated heterocycles. The molecule has 1 amide bonds. The molecule has 0 spiro atoms. The van der Waals surface area contributed by atoms with Crippen LogP contribution in [0.15, 0.2) is 41.7 Å². The van der Waals surface area contributed by atoms with Crippen LogP contribution in [0.2, 0.25) is 0 Å². The zero-order valence-electron chi connectivity index (χ0n) is 13.1. The van der Waals surface area contributed by atoms with Crippen LogP contribution in [0, 0.1) is 0 Å². The highest BCUT2D eigenvalue weighted by Gasteiger charge is 2.38. The molecule has 0 aliphatic heterocycles. The van der Waals surface area contributed by atoms with Crippen LogP contribution in [-0.2, 0) is 16.5 Å². The molecule has 1 aromatic heterocycles. The van der Waals surface area contributed by atoms with Crippen molar-refractivity contribution in [2.75, 3.05) is 6.67 Å². The van der Waals surface area contributed by atoms with Crippen LogP contribution in [0.5, 0.6) is 0 Å². The fourth-order valence-electron chi connectivity index (χ4n) is 2.17. The van der Waals surface area contributed by atoms with E-state index in [0.717, 1.165) is 11.0 Å². The zero-order chi connectivity index (χ0) is 17.8. The summed E-state index contributed by atoms with van der Waals surface area (Å²) in [5.41, 5.74) is 0.165. The number of carbonyl (C=O) groups is 1. The first-order chi connectivity index (χ1) is 11.3. The van der Waals surface area contributed by atoms with E-state index < -0.39 is 17.5 Å². The number of hydrogen-bond donors (Lipinski definition) is 1. The molecular formula is C15H16F3N5O. The molecule has 0 unspecified atom stereocenters. The summed E-state index contributed by atoms with van der Waals surface area (Å²) in [6.07, 6.45) is -3.10. The van der Waals surface area contributed by atoms with Gasteiger partial charge in [0.1, 0.15) is 18.5 Å². The number of nitrogens with zero attached hydrogens (tertiary/aromatic N) is 4. The van der Waals surface area contributed by atoms with E-state index in [2.05, 4.69) is 20.4 Å². The summed E-state index contributed by atoms with van der Waals surface area (Å²) in [5.74, 6) is -1.21. The van der Waals surface area contributed by atoms with E-state index in [0.29, 0.717) is 17.7 Å². The van der Waals surface area contributed by atoms with Crippen LogP contribution in [0.1, 0.15) is 25.2 Å². The fourth-order valence-corrected chi connectivity index (χ4v) is 2.17. The summed E-state index contributed by atoms with van der Waals surface area (Å²) in [7, 11) is 0. The molecule has 128 valence electrons. The Bertz CT molecular complexity index is 722. The van der Waals surface area contributed by atoms with Crippen molar-refractivity contribution in [3.63, 3.8) is 0 Å². The Hall–Kier alpha value is -2.71. The van der Waals surface area contributed by atoms with Gasteiger partial charge in [0.2, 0.25) is 6.41 Å². The molecule has 0 aliphatic carbocycles. The minimum Gasteiger partial charge on any atom is -0.339 e. The first kappa shape index (κ1) is 17.6.